The maximum Gasteiger partial charge on any atom is 0.394 e. The highest BCUT2D eigenvalue weighted by Gasteiger charge is 2.39. The number of aliphatic hydroxyl groups excluding tert-OH is 1. The van der Waals surface area contributed by atoms with E-state index in [9.17, 15) is 13.2 Å². The number of piperidine rings is 1. The van der Waals surface area contributed by atoms with Gasteiger partial charge in [-0.15, -0.1) is 0 Å². The molecule has 0 aromatic heterocycles. The van der Waals surface area contributed by atoms with Crippen molar-refractivity contribution in [2.75, 3.05) is 32.8 Å². The van der Waals surface area contributed by atoms with Gasteiger partial charge in [0.25, 0.3) is 0 Å². The van der Waals surface area contributed by atoms with Crippen LogP contribution in [0, 0.1) is 11.8 Å². The molecule has 1 aliphatic heterocycles. The molecule has 0 aromatic carbocycles. The van der Waals surface area contributed by atoms with Crippen LogP contribution in [0.4, 0.5) is 13.2 Å². The van der Waals surface area contributed by atoms with Crippen LogP contribution in [0.25, 0.3) is 0 Å². The van der Waals surface area contributed by atoms with Gasteiger partial charge in [0.15, 0.2) is 0 Å². The van der Waals surface area contributed by atoms with E-state index in [1.807, 2.05) is 4.90 Å². The molecule has 0 aromatic rings. The first-order chi connectivity index (χ1) is 7.97. The molecular formula is C11H21F3N2O. The highest BCUT2D eigenvalue weighted by Crippen LogP contribution is 2.28. The molecule has 1 saturated heterocycles. The molecule has 1 heterocycles. The molecule has 0 amide bonds. The van der Waals surface area contributed by atoms with Crippen LogP contribution >= 0.6 is 0 Å². The topological polar surface area (TPSA) is 49.5 Å². The van der Waals surface area contributed by atoms with Gasteiger partial charge in [-0.1, -0.05) is 0 Å². The summed E-state index contributed by atoms with van der Waals surface area (Å²) in [5.74, 6) is -1.12. The van der Waals surface area contributed by atoms with Crippen molar-refractivity contribution >= 4 is 0 Å². The van der Waals surface area contributed by atoms with E-state index in [1.54, 1.807) is 0 Å². The van der Waals surface area contributed by atoms with E-state index >= 15 is 0 Å². The van der Waals surface area contributed by atoms with Gasteiger partial charge in [0.05, 0.1) is 5.92 Å². The number of aliphatic hydroxyl groups is 1. The molecule has 0 bridgehead atoms. The molecule has 17 heavy (non-hydrogen) atoms. The normalized spacial score (nSPS) is 24.9. The van der Waals surface area contributed by atoms with Crippen LogP contribution in [0.5, 0.6) is 0 Å². The van der Waals surface area contributed by atoms with Gasteiger partial charge in [0.2, 0.25) is 0 Å². The minimum atomic E-state index is -4.21. The smallest absolute Gasteiger partial charge is 0.394 e. The van der Waals surface area contributed by atoms with E-state index in [4.69, 9.17) is 10.8 Å². The van der Waals surface area contributed by atoms with E-state index in [2.05, 4.69) is 0 Å². The first-order valence-electron chi connectivity index (χ1n) is 6.07. The monoisotopic (exact) mass is 254 g/mol. The Labute approximate surface area is 99.8 Å². The minimum Gasteiger partial charge on any atom is -0.396 e. The summed E-state index contributed by atoms with van der Waals surface area (Å²) < 4.78 is 37.7. The number of nitrogens with zero attached hydrogens (tertiary/aromatic N) is 1. The quantitative estimate of drug-likeness (QED) is 0.775. The zero-order valence-corrected chi connectivity index (χ0v) is 9.92. The van der Waals surface area contributed by atoms with Gasteiger partial charge in [-0.05, 0) is 31.7 Å². The largest absolute Gasteiger partial charge is 0.396 e. The van der Waals surface area contributed by atoms with Crippen LogP contribution in [0.3, 0.4) is 0 Å². The van der Waals surface area contributed by atoms with E-state index in [0.717, 1.165) is 12.8 Å². The van der Waals surface area contributed by atoms with Gasteiger partial charge >= 0.3 is 6.18 Å². The van der Waals surface area contributed by atoms with Crippen molar-refractivity contribution < 1.29 is 18.3 Å². The fourth-order valence-corrected chi connectivity index (χ4v) is 2.36. The van der Waals surface area contributed by atoms with Crippen LogP contribution in [0.1, 0.15) is 19.3 Å². The minimum absolute atomic E-state index is 0.0120. The zero-order chi connectivity index (χ0) is 12.9. The van der Waals surface area contributed by atoms with Gasteiger partial charge in [-0.25, -0.2) is 0 Å². The van der Waals surface area contributed by atoms with Crippen LogP contribution in [0.15, 0.2) is 0 Å². The Hall–Kier alpha value is -0.330. The number of hydrogen-bond acceptors (Lipinski definition) is 3. The van der Waals surface area contributed by atoms with Crippen molar-refractivity contribution in [1.82, 2.24) is 4.90 Å². The highest BCUT2D eigenvalue weighted by atomic mass is 19.4. The van der Waals surface area contributed by atoms with E-state index in [1.165, 1.54) is 0 Å². The molecule has 0 aliphatic carbocycles. The Morgan fingerprint density at radius 1 is 1.41 bits per heavy atom. The van der Waals surface area contributed by atoms with Gasteiger partial charge in [0, 0.05) is 26.2 Å². The summed E-state index contributed by atoms with van der Waals surface area (Å²) in [6.07, 6.45) is -1.63. The van der Waals surface area contributed by atoms with Crippen molar-refractivity contribution in [3.63, 3.8) is 0 Å². The van der Waals surface area contributed by atoms with E-state index in [0.29, 0.717) is 25.4 Å². The molecule has 1 aliphatic rings. The maximum atomic E-state index is 12.6. The van der Waals surface area contributed by atoms with Gasteiger partial charge in [-0.3, -0.25) is 0 Å². The lowest BCUT2D eigenvalue weighted by Gasteiger charge is -2.35. The first-order valence-corrected chi connectivity index (χ1v) is 6.07. The summed E-state index contributed by atoms with van der Waals surface area (Å²) in [4.78, 5) is 1.83. The predicted octanol–water partition coefficient (Wildman–Crippen LogP) is 1.22. The summed E-state index contributed by atoms with van der Waals surface area (Å²) in [5, 5.41) is 8.84. The molecule has 2 atom stereocenters. The summed E-state index contributed by atoms with van der Waals surface area (Å²) in [6.45, 7) is 1.09. The Kier molecular flexibility index (Phi) is 5.69. The second-order valence-electron chi connectivity index (χ2n) is 4.75. The fourth-order valence-electron chi connectivity index (χ4n) is 2.36. The number of hydrogen-bond donors (Lipinski definition) is 2. The van der Waals surface area contributed by atoms with Gasteiger partial charge < -0.3 is 15.7 Å². The van der Waals surface area contributed by atoms with Crippen molar-refractivity contribution in [3.8, 4) is 0 Å². The van der Waals surface area contributed by atoms with Crippen molar-refractivity contribution in [2.24, 2.45) is 17.6 Å². The number of nitrogens with two attached hydrogens (primary N) is 1. The summed E-state index contributed by atoms with van der Waals surface area (Å²) in [5.41, 5.74) is 5.18. The highest BCUT2D eigenvalue weighted by molar-refractivity contribution is 4.78. The van der Waals surface area contributed by atoms with Gasteiger partial charge in [0.1, 0.15) is 0 Å². The standard InChI is InChI=1S/C11H21F3N2O/c12-11(13,14)10(6-15)8-16-4-1-2-9(7-16)3-5-17/h9-10,17H,1-8,15H2. The van der Waals surface area contributed by atoms with Crippen molar-refractivity contribution in [2.45, 2.75) is 25.4 Å². The molecule has 0 saturated carbocycles. The number of alkyl halides is 3. The average Bonchev–Trinajstić information content (AvgIpc) is 2.25. The third-order valence-corrected chi connectivity index (χ3v) is 3.37. The molecule has 1 rings (SSSR count). The van der Waals surface area contributed by atoms with E-state index in [-0.39, 0.29) is 19.7 Å². The Morgan fingerprint density at radius 3 is 2.65 bits per heavy atom. The van der Waals surface area contributed by atoms with Crippen molar-refractivity contribution in [1.29, 1.82) is 0 Å². The molecule has 3 nitrogen and oxygen atoms in total. The Bertz CT molecular complexity index is 221. The van der Waals surface area contributed by atoms with Crippen LogP contribution in [-0.4, -0.2) is 49.0 Å². The molecule has 0 spiro atoms. The number of likely N-dealkylation sites (tertiary alicyclic amines) is 1. The average molecular weight is 254 g/mol. The molecular weight excluding hydrogens is 233 g/mol. The molecule has 2 unspecified atom stereocenters. The van der Waals surface area contributed by atoms with Crippen LogP contribution in [0.2, 0.25) is 0 Å². The second kappa shape index (κ2) is 6.56. The summed E-state index contributed by atoms with van der Waals surface area (Å²) in [7, 11) is 0. The molecule has 1 fully saturated rings. The predicted molar refractivity (Wildman–Crippen MR) is 59.5 cm³/mol. The molecule has 0 radical (unpaired) electrons. The van der Waals surface area contributed by atoms with Crippen LogP contribution < -0.4 is 5.73 Å². The van der Waals surface area contributed by atoms with Crippen molar-refractivity contribution in [3.05, 3.63) is 0 Å². The lowest BCUT2D eigenvalue weighted by Crippen LogP contribution is -2.44. The van der Waals surface area contributed by atoms with Gasteiger partial charge in [-0.2, -0.15) is 13.2 Å². The molecule has 6 heteroatoms. The number of halogens is 3. The fraction of sp³-hybridized carbons (Fsp3) is 1.00. The SMILES string of the molecule is NCC(CN1CCCC(CCO)C1)C(F)(F)F. The zero-order valence-electron chi connectivity index (χ0n) is 9.92. The Morgan fingerprint density at radius 2 is 2.12 bits per heavy atom. The van der Waals surface area contributed by atoms with E-state index < -0.39 is 12.1 Å². The van der Waals surface area contributed by atoms with Crippen LogP contribution in [-0.2, 0) is 0 Å². The molecule has 3 N–H and O–H groups in total. The summed E-state index contributed by atoms with van der Waals surface area (Å²) in [6, 6.07) is 0. The third kappa shape index (κ3) is 4.81. The summed E-state index contributed by atoms with van der Waals surface area (Å²) >= 11 is 0. The Balaban J connectivity index is 2.44. The number of rotatable bonds is 5. The second-order valence-corrected chi connectivity index (χ2v) is 4.75. The first kappa shape index (κ1) is 14.7. The third-order valence-electron chi connectivity index (χ3n) is 3.37. The lowest BCUT2D eigenvalue weighted by molar-refractivity contribution is -0.177. The molecule has 102 valence electrons. The lowest BCUT2D eigenvalue weighted by atomic mass is 9.94. The maximum absolute atomic E-state index is 12.6.